The highest BCUT2D eigenvalue weighted by molar-refractivity contribution is 7.89. The molecule has 21 heavy (non-hydrogen) atoms. The van der Waals surface area contributed by atoms with Crippen molar-refractivity contribution in [2.24, 2.45) is 0 Å². The minimum atomic E-state index is -4.21. The van der Waals surface area contributed by atoms with Crippen molar-refractivity contribution in [3.05, 3.63) is 28.3 Å². The Morgan fingerprint density at radius 1 is 1.43 bits per heavy atom. The predicted molar refractivity (Wildman–Crippen MR) is 76.0 cm³/mol. The summed E-state index contributed by atoms with van der Waals surface area (Å²) in [6.07, 6.45) is 0.708. The Hall–Kier alpha value is -2.20. The number of carbonyl (C=O) groups is 1. The van der Waals surface area contributed by atoms with Gasteiger partial charge in [-0.1, -0.05) is 13.0 Å². The third-order valence-corrected chi connectivity index (χ3v) is 3.93. The number of benzene rings is 1. The molecule has 0 aliphatic heterocycles. The van der Waals surface area contributed by atoms with Gasteiger partial charge in [0.1, 0.15) is 5.69 Å². The van der Waals surface area contributed by atoms with Gasteiger partial charge >= 0.3 is 5.69 Å². The van der Waals surface area contributed by atoms with Gasteiger partial charge in [-0.25, -0.2) is 13.1 Å². The Labute approximate surface area is 121 Å². The molecule has 0 aromatic heterocycles. The third-order valence-electron chi connectivity index (χ3n) is 2.50. The maximum atomic E-state index is 12.0. The first-order chi connectivity index (χ1) is 9.79. The number of nitrogens with zero attached hydrogens (tertiary/aromatic N) is 1. The zero-order chi connectivity index (χ0) is 16.0. The maximum absolute atomic E-state index is 12.0. The number of hydrogen-bond donors (Lipinski definition) is 3. The van der Waals surface area contributed by atoms with E-state index in [1.165, 1.54) is 12.1 Å². The molecular formula is C11H16N4O5S. The van der Waals surface area contributed by atoms with Crippen LogP contribution in [0.1, 0.15) is 13.3 Å². The normalized spacial score (nSPS) is 11.1. The van der Waals surface area contributed by atoms with Crippen LogP contribution in [0.5, 0.6) is 0 Å². The molecule has 0 atom stereocenters. The number of nitrogens with two attached hydrogens (primary N) is 1. The first-order valence-corrected chi connectivity index (χ1v) is 7.57. The number of anilines is 1. The van der Waals surface area contributed by atoms with Crippen LogP contribution in [0.4, 0.5) is 11.4 Å². The van der Waals surface area contributed by atoms with Crippen LogP contribution in [0.15, 0.2) is 23.1 Å². The van der Waals surface area contributed by atoms with Gasteiger partial charge in [0, 0.05) is 6.54 Å². The van der Waals surface area contributed by atoms with Crippen molar-refractivity contribution in [3.63, 3.8) is 0 Å². The second-order valence-corrected chi connectivity index (χ2v) is 5.86. The van der Waals surface area contributed by atoms with Crippen LogP contribution in [-0.2, 0) is 14.8 Å². The van der Waals surface area contributed by atoms with E-state index in [1.807, 2.05) is 11.6 Å². The van der Waals surface area contributed by atoms with E-state index < -0.39 is 38.0 Å². The first kappa shape index (κ1) is 16.9. The van der Waals surface area contributed by atoms with E-state index in [4.69, 9.17) is 5.73 Å². The van der Waals surface area contributed by atoms with Crippen molar-refractivity contribution in [2.75, 3.05) is 18.8 Å². The summed E-state index contributed by atoms with van der Waals surface area (Å²) < 4.78 is 26.1. The fourth-order valence-electron chi connectivity index (χ4n) is 1.52. The molecule has 1 aromatic rings. The van der Waals surface area contributed by atoms with E-state index >= 15 is 0 Å². The second-order valence-electron chi connectivity index (χ2n) is 4.13. The van der Waals surface area contributed by atoms with Gasteiger partial charge in [0.2, 0.25) is 15.9 Å². The molecule has 0 radical (unpaired) electrons. The highest BCUT2D eigenvalue weighted by Crippen LogP contribution is 2.29. The van der Waals surface area contributed by atoms with E-state index in [2.05, 4.69) is 5.32 Å². The van der Waals surface area contributed by atoms with Gasteiger partial charge in [-0.15, -0.1) is 0 Å². The number of rotatable bonds is 7. The van der Waals surface area contributed by atoms with E-state index in [0.29, 0.717) is 13.0 Å². The van der Waals surface area contributed by atoms with Gasteiger partial charge in [0.15, 0.2) is 4.90 Å². The van der Waals surface area contributed by atoms with Gasteiger partial charge < -0.3 is 11.1 Å². The Morgan fingerprint density at radius 2 is 2.10 bits per heavy atom. The van der Waals surface area contributed by atoms with E-state index in [9.17, 15) is 23.3 Å². The van der Waals surface area contributed by atoms with Crippen LogP contribution < -0.4 is 15.8 Å². The number of nitrogen functional groups attached to an aromatic ring is 1. The van der Waals surface area contributed by atoms with Gasteiger partial charge in [-0.3, -0.25) is 14.9 Å². The van der Waals surface area contributed by atoms with Crippen molar-refractivity contribution in [3.8, 4) is 0 Å². The van der Waals surface area contributed by atoms with Crippen molar-refractivity contribution < 1.29 is 18.1 Å². The number of hydrogen-bond acceptors (Lipinski definition) is 6. The summed E-state index contributed by atoms with van der Waals surface area (Å²) in [6.45, 7) is 1.76. The van der Waals surface area contributed by atoms with E-state index in [-0.39, 0.29) is 5.69 Å². The van der Waals surface area contributed by atoms with Crippen LogP contribution >= 0.6 is 0 Å². The number of para-hydroxylation sites is 1. The molecule has 0 saturated heterocycles. The Kier molecular flexibility index (Phi) is 5.61. The summed E-state index contributed by atoms with van der Waals surface area (Å²) in [5, 5.41) is 13.4. The molecule has 0 fully saturated rings. The number of sulfonamides is 1. The molecule has 9 nitrogen and oxygen atoms in total. The Balaban J connectivity index is 2.96. The molecule has 0 bridgehead atoms. The van der Waals surface area contributed by atoms with Crippen LogP contribution in [0.25, 0.3) is 0 Å². The summed E-state index contributed by atoms with van der Waals surface area (Å²) in [7, 11) is -4.21. The minimum Gasteiger partial charge on any atom is -0.393 e. The minimum absolute atomic E-state index is 0.265. The molecular weight excluding hydrogens is 300 g/mol. The summed E-state index contributed by atoms with van der Waals surface area (Å²) >= 11 is 0. The van der Waals surface area contributed by atoms with Crippen LogP contribution in [-0.4, -0.2) is 32.3 Å². The molecule has 0 aliphatic carbocycles. The molecule has 1 amide bonds. The maximum Gasteiger partial charge on any atom is 0.312 e. The van der Waals surface area contributed by atoms with Crippen molar-refractivity contribution >= 4 is 27.3 Å². The standard InChI is InChI=1S/C11H16N4O5S/c1-2-6-13-10(16)7-14-21(19,20)9-5-3-4-8(12)11(9)15(17)18/h3-5,14H,2,6-7,12H2,1H3,(H,13,16). The molecule has 10 heteroatoms. The lowest BCUT2D eigenvalue weighted by atomic mass is 10.3. The van der Waals surface area contributed by atoms with Gasteiger partial charge in [0.05, 0.1) is 11.5 Å². The smallest absolute Gasteiger partial charge is 0.312 e. The number of nitro groups is 1. The lowest BCUT2D eigenvalue weighted by Crippen LogP contribution is -2.37. The highest BCUT2D eigenvalue weighted by atomic mass is 32.2. The van der Waals surface area contributed by atoms with Gasteiger partial charge in [-0.2, -0.15) is 0 Å². The lowest BCUT2D eigenvalue weighted by Gasteiger charge is -2.08. The SMILES string of the molecule is CCCNC(=O)CNS(=O)(=O)c1cccc(N)c1[N+](=O)[O-]. The number of amides is 1. The zero-order valence-electron chi connectivity index (χ0n) is 11.3. The Morgan fingerprint density at radius 3 is 2.67 bits per heavy atom. The van der Waals surface area contributed by atoms with Crippen LogP contribution in [0.2, 0.25) is 0 Å². The molecule has 0 unspecified atom stereocenters. The van der Waals surface area contributed by atoms with Crippen molar-refractivity contribution in [2.45, 2.75) is 18.2 Å². The molecule has 116 valence electrons. The highest BCUT2D eigenvalue weighted by Gasteiger charge is 2.28. The summed E-state index contributed by atoms with van der Waals surface area (Å²) in [5.74, 6) is -0.521. The molecule has 1 rings (SSSR count). The van der Waals surface area contributed by atoms with E-state index in [0.717, 1.165) is 6.07 Å². The molecule has 4 N–H and O–H groups in total. The fourth-order valence-corrected chi connectivity index (χ4v) is 2.70. The number of carbonyl (C=O) groups excluding carboxylic acids is 1. The fraction of sp³-hybridized carbons (Fsp3) is 0.364. The quantitative estimate of drug-likeness (QED) is 0.366. The van der Waals surface area contributed by atoms with Crippen LogP contribution in [0, 0.1) is 10.1 Å². The molecule has 0 saturated carbocycles. The van der Waals surface area contributed by atoms with Gasteiger partial charge in [-0.05, 0) is 18.6 Å². The second kappa shape index (κ2) is 6.99. The number of nitro benzene ring substituents is 1. The number of nitrogens with one attached hydrogen (secondary N) is 2. The summed E-state index contributed by atoms with van der Waals surface area (Å²) in [4.78, 5) is 20.8. The van der Waals surface area contributed by atoms with Crippen molar-refractivity contribution in [1.82, 2.24) is 10.0 Å². The summed E-state index contributed by atoms with van der Waals surface area (Å²) in [5.41, 5.74) is 4.45. The zero-order valence-corrected chi connectivity index (χ0v) is 12.1. The summed E-state index contributed by atoms with van der Waals surface area (Å²) in [6, 6.07) is 3.57. The lowest BCUT2D eigenvalue weighted by molar-refractivity contribution is -0.386. The largest absolute Gasteiger partial charge is 0.393 e. The topological polar surface area (TPSA) is 144 Å². The molecule has 0 spiro atoms. The first-order valence-electron chi connectivity index (χ1n) is 6.08. The molecule has 0 heterocycles. The monoisotopic (exact) mass is 316 g/mol. The average molecular weight is 316 g/mol. The third kappa shape index (κ3) is 4.39. The predicted octanol–water partition coefficient (Wildman–Crippen LogP) is -0.0185. The van der Waals surface area contributed by atoms with Gasteiger partial charge in [0.25, 0.3) is 0 Å². The Bertz CT molecular complexity index is 644. The van der Waals surface area contributed by atoms with E-state index in [1.54, 1.807) is 0 Å². The average Bonchev–Trinajstić information content (AvgIpc) is 2.42. The molecule has 1 aromatic carbocycles. The van der Waals surface area contributed by atoms with Crippen molar-refractivity contribution in [1.29, 1.82) is 0 Å². The van der Waals surface area contributed by atoms with Crippen LogP contribution in [0.3, 0.4) is 0 Å². The molecule has 0 aliphatic rings.